The number of aliphatic hydroxyl groups is 1. The van der Waals surface area contributed by atoms with Crippen molar-refractivity contribution in [2.45, 2.75) is 57.6 Å². The van der Waals surface area contributed by atoms with E-state index in [1.165, 1.54) is 0 Å². The summed E-state index contributed by atoms with van der Waals surface area (Å²) in [6, 6.07) is 1.94. The van der Waals surface area contributed by atoms with Gasteiger partial charge in [-0.15, -0.1) is 0 Å². The Morgan fingerprint density at radius 2 is 2.05 bits per heavy atom. The predicted molar refractivity (Wildman–Crippen MR) is 80.6 cm³/mol. The molecule has 1 aromatic rings. The molecule has 0 spiro atoms. The van der Waals surface area contributed by atoms with Crippen LogP contribution in [0.1, 0.15) is 51.3 Å². The molecule has 2 unspecified atom stereocenters. The van der Waals surface area contributed by atoms with Crippen LogP contribution in [-0.2, 0) is 0 Å². The second-order valence-electron chi connectivity index (χ2n) is 5.80. The maximum absolute atomic E-state index is 10.2. The first-order chi connectivity index (χ1) is 9.52. The number of anilines is 2. The number of nitrogens with zero attached hydrogens (tertiary/aromatic N) is 3. The molecule has 4 N–H and O–H groups in total. The number of nitrogens with two attached hydrogens (primary N) is 1. The highest BCUT2D eigenvalue weighted by atomic mass is 16.3. The maximum atomic E-state index is 10.2. The molecule has 0 aromatic carbocycles. The van der Waals surface area contributed by atoms with E-state index in [9.17, 15) is 5.11 Å². The van der Waals surface area contributed by atoms with Gasteiger partial charge in [-0.2, -0.15) is 0 Å². The predicted octanol–water partition coefficient (Wildman–Crippen LogP) is 1.63. The first-order valence-electron chi connectivity index (χ1n) is 7.29. The first kappa shape index (κ1) is 15.0. The molecule has 0 bridgehead atoms. The summed E-state index contributed by atoms with van der Waals surface area (Å²) in [6.45, 7) is 4.10. The van der Waals surface area contributed by atoms with Gasteiger partial charge in [0.1, 0.15) is 17.5 Å². The number of likely N-dealkylation sites (N-methyl/N-ethyl adjacent to an activating group) is 1. The Labute approximate surface area is 120 Å². The van der Waals surface area contributed by atoms with Gasteiger partial charge in [0.2, 0.25) is 0 Å². The van der Waals surface area contributed by atoms with Crippen LogP contribution in [0.5, 0.6) is 0 Å². The van der Waals surface area contributed by atoms with Crippen molar-refractivity contribution in [2.75, 3.05) is 17.4 Å². The molecule has 0 saturated heterocycles. The Kier molecular flexibility index (Phi) is 4.77. The van der Waals surface area contributed by atoms with Crippen LogP contribution in [0.2, 0.25) is 0 Å². The van der Waals surface area contributed by atoms with E-state index in [1.54, 1.807) is 0 Å². The van der Waals surface area contributed by atoms with E-state index in [-0.39, 0.29) is 18.1 Å². The third kappa shape index (κ3) is 3.19. The molecule has 20 heavy (non-hydrogen) atoms. The molecule has 0 aliphatic heterocycles. The first-order valence-corrected chi connectivity index (χ1v) is 7.29. The fourth-order valence-corrected chi connectivity index (χ4v) is 2.68. The van der Waals surface area contributed by atoms with Crippen molar-refractivity contribution in [1.29, 1.82) is 0 Å². The Balaban J connectivity index is 2.28. The van der Waals surface area contributed by atoms with Crippen LogP contribution in [0.25, 0.3) is 0 Å². The van der Waals surface area contributed by atoms with E-state index in [4.69, 9.17) is 5.84 Å². The van der Waals surface area contributed by atoms with Crippen LogP contribution in [0.4, 0.5) is 11.6 Å². The Morgan fingerprint density at radius 3 is 2.65 bits per heavy atom. The van der Waals surface area contributed by atoms with Crippen LogP contribution < -0.4 is 16.2 Å². The standard InChI is InChI=1S/C14H25N5O/c1-9(2)14-16-12(18-15)8-13(17-14)19(3)10-6-4-5-7-11(10)20/h8-11,20H,4-7,15H2,1-3H3,(H,16,17,18). The summed E-state index contributed by atoms with van der Waals surface area (Å²) in [4.78, 5) is 11.0. The molecule has 1 aliphatic rings. The number of rotatable bonds is 4. The van der Waals surface area contributed by atoms with E-state index in [1.807, 2.05) is 13.1 Å². The van der Waals surface area contributed by atoms with Crippen LogP contribution in [0.15, 0.2) is 6.07 Å². The van der Waals surface area contributed by atoms with Gasteiger partial charge in [0.05, 0.1) is 12.1 Å². The summed E-state index contributed by atoms with van der Waals surface area (Å²) in [5, 5.41) is 10.2. The van der Waals surface area contributed by atoms with Gasteiger partial charge in [-0.3, -0.25) is 0 Å². The molecule has 6 nitrogen and oxygen atoms in total. The lowest BCUT2D eigenvalue weighted by molar-refractivity contribution is 0.106. The molecule has 1 heterocycles. The summed E-state index contributed by atoms with van der Waals surface area (Å²) in [6.07, 6.45) is 3.81. The second-order valence-corrected chi connectivity index (χ2v) is 5.80. The average Bonchev–Trinajstić information content (AvgIpc) is 2.46. The SMILES string of the molecule is CC(C)c1nc(NN)cc(N(C)C2CCCCC2O)n1. The topological polar surface area (TPSA) is 87.3 Å². The monoisotopic (exact) mass is 279 g/mol. The van der Waals surface area contributed by atoms with E-state index < -0.39 is 0 Å². The molecule has 1 saturated carbocycles. The number of nitrogens with one attached hydrogen (secondary N) is 1. The molecule has 0 amide bonds. The van der Waals surface area contributed by atoms with Crippen LogP contribution in [0, 0.1) is 0 Å². The minimum absolute atomic E-state index is 0.115. The minimum Gasteiger partial charge on any atom is -0.391 e. The van der Waals surface area contributed by atoms with E-state index in [0.29, 0.717) is 5.82 Å². The van der Waals surface area contributed by atoms with E-state index >= 15 is 0 Å². The Hall–Kier alpha value is -1.40. The normalized spacial score (nSPS) is 22.9. The fourth-order valence-electron chi connectivity index (χ4n) is 2.68. The van der Waals surface area contributed by atoms with Crippen molar-refractivity contribution in [3.63, 3.8) is 0 Å². The van der Waals surface area contributed by atoms with Crippen molar-refractivity contribution in [3.05, 3.63) is 11.9 Å². The molecular weight excluding hydrogens is 254 g/mol. The Bertz CT molecular complexity index is 451. The zero-order valence-electron chi connectivity index (χ0n) is 12.5. The van der Waals surface area contributed by atoms with Gasteiger partial charge in [-0.1, -0.05) is 26.7 Å². The molecule has 2 rings (SSSR count). The maximum Gasteiger partial charge on any atom is 0.145 e. The van der Waals surface area contributed by atoms with Gasteiger partial charge in [-0.05, 0) is 12.8 Å². The lowest BCUT2D eigenvalue weighted by atomic mass is 9.91. The average molecular weight is 279 g/mol. The third-order valence-electron chi connectivity index (χ3n) is 3.95. The highest BCUT2D eigenvalue weighted by Crippen LogP contribution is 2.27. The summed E-state index contributed by atoms with van der Waals surface area (Å²) in [7, 11) is 1.98. The van der Waals surface area contributed by atoms with Gasteiger partial charge in [0.15, 0.2) is 0 Å². The molecule has 1 fully saturated rings. The number of aromatic nitrogens is 2. The molecule has 0 radical (unpaired) electrons. The Morgan fingerprint density at radius 1 is 1.35 bits per heavy atom. The molecule has 6 heteroatoms. The van der Waals surface area contributed by atoms with Gasteiger partial charge in [0, 0.05) is 19.0 Å². The summed E-state index contributed by atoms with van der Waals surface area (Å²) < 4.78 is 0. The molecule has 112 valence electrons. The van der Waals surface area contributed by atoms with Crippen LogP contribution in [0.3, 0.4) is 0 Å². The fraction of sp³-hybridized carbons (Fsp3) is 0.714. The summed E-state index contributed by atoms with van der Waals surface area (Å²) in [5.74, 6) is 7.89. The van der Waals surface area contributed by atoms with E-state index in [2.05, 4.69) is 34.1 Å². The van der Waals surface area contributed by atoms with Crippen LogP contribution in [-0.4, -0.2) is 34.3 Å². The van der Waals surface area contributed by atoms with Gasteiger partial charge >= 0.3 is 0 Å². The van der Waals surface area contributed by atoms with Crippen molar-refractivity contribution in [2.24, 2.45) is 5.84 Å². The van der Waals surface area contributed by atoms with Gasteiger partial charge in [-0.25, -0.2) is 15.8 Å². The van der Waals surface area contributed by atoms with Gasteiger partial charge in [0.25, 0.3) is 0 Å². The van der Waals surface area contributed by atoms with Crippen molar-refractivity contribution in [1.82, 2.24) is 9.97 Å². The highest BCUT2D eigenvalue weighted by Gasteiger charge is 2.28. The lowest BCUT2D eigenvalue weighted by Crippen LogP contribution is -2.44. The molecular formula is C14H25N5O. The largest absolute Gasteiger partial charge is 0.391 e. The number of hydrogen-bond donors (Lipinski definition) is 3. The number of hydrogen-bond acceptors (Lipinski definition) is 6. The lowest BCUT2D eigenvalue weighted by Gasteiger charge is -2.36. The smallest absolute Gasteiger partial charge is 0.145 e. The summed E-state index contributed by atoms with van der Waals surface area (Å²) in [5.41, 5.74) is 2.59. The van der Waals surface area contributed by atoms with Crippen LogP contribution >= 0.6 is 0 Å². The number of aliphatic hydroxyl groups excluding tert-OH is 1. The zero-order valence-corrected chi connectivity index (χ0v) is 12.5. The number of nitrogen functional groups attached to an aromatic ring is 1. The molecule has 2 atom stereocenters. The number of hydrazine groups is 1. The van der Waals surface area contributed by atoms with Crippen molar-refractivity contribution >= 4 is 11.6 Å². The van der Waals surface area contributed by atoms with Crippen molar-refractivity contribution in [3.8, 4) is 0 Å². The summed E-state index contributed by atoms with van der Waals surface area (Å²) >= 11 is 0. The minimum atomic E-state index is -0.291. The van der Waals surface area contributed by atoms with Gasteiger partial charge < -0.3 is 15.4 Å². The molecule has 1 aliphatic carbocycles. The highest BCUT2D eigenvalue weighted by molar-refractivity contribution is 5.49. The third-order valence-corrected chi connectivity index (χ3v) is 3.95. The second kappa shape index (κ2) is 6.37. The molecule has 1 aromatic heterocycles. The quantitative estimate of drug-likeness (QED) is 0.573. The zero-order chi connectivity index (χ0) is 14.7. The van der Waals surface area contributed by atoms with Crippen molar-refractivity contribution < 1.29 is 5.11 Å². The van der Waals surface area contributed by atoms with E-state index in [0.717, 1.165) is 37.3 Å².